The van der Waals surface area contributed by atoms with Gasteiger partial charge in [0.25, 0.3) is 0 Å². The van der Waals surface area contributed by atoms with Crippen LogP contribution in [-0.2, 0) is 18.5 Å². The summed E-state index contributed by atoms with van der Waals surface area (Å²) in [7, 11) is 0. The molecule has 2 aromatic heterocycles. The highest BCUT2D eigenvalue weighted by molar-refractivity contribution is 6.17. The Hall–Kier alpha value is -1.83. The van der Waals surface area contributed by atoms with Gasteiger partial charge in [0.15, 0.2) is 0 Å². The van der Waals surface area contributed by atoms with Crippen LogP contribution in [0.5, 0.6) is 0 Å². The highest BCUT2D eigenvalue weighted by Gasteiger charge is 2.40. The van der Waals surface area contributed by atoms with Crippen molar-refractivity contribution in [2.24, 2.45) is 0 Å². The van der Waals surface area contributed by atoms with Crippen molar-refractivity contribution >= 4 is 17.5 Å². The molecule has 3 rings (SSSR count). The monoisotopic (exact) mass is 373 g/mol. The summed E-state index contributed by atoms with van der Waals surface area (Å²) < 4.78 is 41.1. The van der Waals surface area contributed by atoms with Gasteiger partial charge in [-0.05, 0) is 24.8 Å². The number of alkyl halides is 4. The predicted molar refractivity (Wildman–Crippen MR) is 88.7 cm³/mol. The van der Waals surface area contributed by atoms with E-state index in [1.54, 1.807) is 12.4 Å². The average Bonchev–Trinajstić information content (AvgIpc) is 3.06. The fourth-order valence-electron chi connectivity index (χ4n) is 3.09. The molecule has 0 aliphatic carbocycles. The molecule has 1 aliphatic heterocycles. The molecular formula is C16H19ClF3N5. The zero-order valence-corrected chi connectivity index (χ0v) is 14.6. The van der Waals surface area contributed by atoms with Crippen LogP contribution in [0.4, 0.5) is 19.1 Å². The minimum Gasteiger partial charge on any atom is -0.341 e. The number of anilines is 1. The minimum atomic E-state index is -4.46. The van der Waals surface area contributed by atoms with Crippen molar-refractivity contribution in [1.82, 2.24) is 19.7 Å². The fourth-order valence-corrected chi connectivity index (χ4v) is 3.28. The lowest BCUT2D eigenvalue weighted by Crippen LogP contribution is -2.37. The molecule has 5 nitrogen and oxygen atoms in total. The van der Waals surface area contributed by atoms with Gasteiger partial charge >= 0.3 is 6.18 Å². The Kier molecular flexibility index (Phi) is 5.17. The van der Waals surface area contributed by atoms with Gasteiger partial charge in [0.05, 0.1) is 18.1 Å². The zero-order valence-electron chi connectivity index (χ0n) is 13.8. The Balaban J connectivity index is 1.73. The first kappa shape index (κ1) is 18.0. The Morgan fingerprint density at radius 1 is 1.16 bits per heavy atom. The van der Waals surface area contributed by atoms with Gasteiger partial charge in [0, 0.05) is 31.0 Å². The van der Waals surface area contributed by atoms with E-state index in [0.29, 0.717) is 31.9 Å². The molecular weight excluding hydrogens is 355 g/mol. The second-order valence-corrected chi connectivity index (χ2v) is 6.32. The maximum atomic E-state index is 13.3. The molecule has 1 fully saturated rings. The van der Waals surface area contributed by atoms with E-state index in [2.05, 4.69) is 15.1 Å². The molecule has 0 N–H and O–H groups in total. The standard InChI is InChI=1S/C16H19ClF3N5/c1-2-11-8-21-15(22-9-11)24-5-3-13(4-6-24)25-14(16(18,19)20)12(7-17)10-23-25/h8-10,13H,2-7H2,1H3. The topological polar surface area (TPSA) is 46.8 Å². The molecule has 3 heterocycles. The van der Waals surface area contributed by atoms with Gasteiger partial charge < -0.3 is 4.90 Å². The summed E-state index contributed by atoms with van der Waals surface area (Å²) in [6, 6.07) is -0.306. The second kappa shape index (κ2) is 7.19. The number of halogens is 4. The predicted octanol–water partition coefficient (Wildman–Crippen LogP) is 3.83. The summed E-state index contributed by atoms with van der Waals surface area (Å²) >= 11 is 5.64. The number of aromatic nitrogens is 4. The Morgan fingerprint density at radius 2 is 1.80 bits per heavy atom. The van der Waals surface area contributed by atoms with Gasteiger partial charge in [-0.2, -0.15) is 18.3 Å². The van der Waals surface area contributed by atoms with Gasteiger partial charge in [0.1, 0.15) is 5.69 Å². The lowest BCUT2D eigenvalue weighted by molar-refractivity contribution is -0.145. The van der Waals surface area contributed by atoms with Crippen molar-refractivity contribution < 1.29 is 13.2 Å². The van der Waals surface area contributed by atoms with Gasteiger partial charge in [-0.25, -0.2) is 9.97 Å². The maximum absolute atomic E-state index is 13.3. The number of nitrogens with zero attached hydrogens (tertiary/aromatic N) is 5. The van der Waals surface area contributed by atoms with Crippen LogP contribution in [0.15, 0.2) is 18.6 Å². The summed E-state index contributed by atoms with van der Waals surface area (Å²) in [6.45, 7) is 3.20. The molecule has 1 saturated heterocycles. The highest BCUT2D eigenvalue weighted by Crippen LogP contribution is 2.36. The first-order chi connectivity index (χ1) is 11.9. The lowest BCUT2D eigenvalue weighted by Gasteiger charge is -2.33. The summed E-state index contributed by atoms with van der Waals surface area (Å²) in [5.74, 6) is 0.416. The highest BCUT2D eigenvalue weighted by atomic mass is 35.5. The minimum absolute atomic E-state index is 0.0232. The normalized spacial score (nSPS) is 16.4. The van der Waals surface area contributed by atoms with E-state index < -0.39 is 11.9 Å². The van der Waals surface area contributed by atoms with Crippen LogP contribution in [0, 0.1) is 0 Å². The third kappa shape index (κ3) is 3.73. The molecule has 0 unspecified atom stereocenters. The zero-order chi connectivity index (χ0) is 18.0. The summed E-state index contributed by atoms with van der Waals surface area (Å²) in [5, 5.41) is 3.96. The summed E-state index contributed by atoms with van der Waals surface area (Å²) in [4.78, 5) is 10.7. The van der Waals surface area contributed by atoms with Crippen LogP contribution < -0.4 is 4.90 Å². The van der Waals surface area contributed by atoms with E-state index in [4.69, 9.17) is 11.6 Å². The van der Waals surface area contributed by atoms with Crippen LogP contribution in [0.1, 0.15) is 42.6 Å². The van der Waals surface area contributed by atoms with E-state index in [1.807, 2.05) is 11.8 Å². The van der Waals surface area contributed by atoms with E-state index >= 15 is 0 Å². The van der Waals surface area contributed by atoms with E-state index in [1.165, 1.54) is 6.20 Å². The quantitative estimate of drug-likeness (QED) is 0.764. The van der Waals surface area contributed by atoms with Gasteiger partial charge in [-0.15, -0.1) is 11.6 Å². The third-order valence-corrected chi connectivity index (χ3v) is 4.76. The van der Waals surface area contributed by atoms with Crippen molar-refractivity contribution in [2.75, 3.05) is 18.0 Å². The second-order valence-electron chi connectivity index (χ2n) is 6.06. The third-order valence-electron chi connectivity index (χ3n) is 4.48. The SMILES string of the molecule is CCc1cnc(N2CCC(n3ncc(CCl)c3C(F)(F)F)CC2)nc1. The Bertz CT molecular complexity index is 706. The van der Waals surface area contributed by atoms with Crippen molar-refractivity contribution in [3.8, 4) is 0 Å². The Morgan fingerprint density at radius 3 is 2.32 bits per heavy atom. The molecule has 0 atom stereocenters. The first-order valence-electron chi connectivity index (χ1n) is 8.19. The molecule has 1 aliphatic rings. The molecule has 25 heavy (non-hydrogen) atoms. The maximum Gasteiger partial charge on any atom is 0.433 e. The van der Waals surface area contributed by atoms with Crippen LogP contribution in [0.3, 0.4) is 0 Å². The van der Waals surface area contributed by atoms with Crippen molar-refractivity contribution in [3.05, 3.63) is 35.4 Å². The number of rotatable bonds is 4. The molecule has 2 aromatic rings. The number of hydrogen-bond acceptors (Lipinski definition) is 4. The summed E-state index contributed by atoms with van der Waals surface area (Å²) in [5.41, 5.74) is 0.346. The fraction of sp³-hybridized carbons (Fsp3) is 0.562. The molecule has 0 aromatic carbocycles. The molecule has 0 saturated carbocycles. The smallest absolute Gasteiger partial charge is 0.341 e. The van der Waals surface area contributed by atoms with Gasteiger partial charge in [0.2, 0.25) is 5.95 Å². The average molecular weight is 374 g/mol. The molecule has 136 valence electrons. The van der Waals surface area contributed by atoms with Crippen LogP contribution >= 0.6 is 11.6 Å². The molecule has 9 heteroatoms. The van der Waals surface area contributed by atoms with Crippen molar-refractivity contribution in [3.63, 3.8) is 0 Å². The molecule has 0 radical (unpaired) electrons. The van der Waals surface area contributed by atoms with Crippen molar-refractivity contribution in [1.29, 1.82) is 0 Å². The number of piperidine rings is 1. The number of hydrogen-bond donors (Lipinski definition) is 0. The largest absolute Gasteiger partial charge is 0.433 e. The van der Waals surface area contributed by atoms with E-state index in [0.717, 1.165) is 16.7 Å². The van der Waals surface area contributed by atoms with Crippen LogP contribution in [0.25, 0.3) is 0 Å². The van der Waals surface area contributed by atoms with Gasteiger partial charge in [-0.1, -0.05) is 6.92 Å². The summed E-state index contributed by atoms with van der Waals surface area (Å²) in [6.07, 6.45) is 2.29. The van der Waals surface area contributed by atoms with Crippen LogP contribution in [-0.4, -0.2) is 32.8 Å². The van der Waals surface area contributed by atoms with Crippen molar-refractivity contribution in [2.45, 2.75) is 44.3 Å². The molecule has 0 amide bonds. The molecule has 0 bridgehead atoms. The molecule has 0 spiro atoms. The van der Waals surface area contributed by atoms with E-state index in [9.17, 15) is 13.2 Å². The van der Waals surface area contributed by atoms with Gasteiger partial charge in [-0.3, -0.25) is 4.68 Å². The lowest BCUT2D eigenvalue weighted by atomic mass is 10.0. The number of aryl methyl sites for hydroxylation is 1. The Labute approximate surface area is 148 Å². The van der Waals surface area contributed by atoms with Crippen LogP contribution in [0.2, 0.25) is 0 Å². The first-order valence-corrected chi connectivity index (χ1v) is 8.73. The van der Waals surface area contributed by atoms with E-state index in [-0.39, 0.29) is 17.5 Å².